The monoisotopic (exact) mass is 282 g/mol. The predicted molar refractivity (Wildman–Crippen MR) is 66.8 cm³/mol. The average molecular weight is 282 g/mol. The lowest BCUT2D eigenvalue weighted by Crippen LogP contribution is -2.58. The largest absolute Gasteiger partial charge is 0.545 e. The highest BCUT2D eigenvalue weighted by Crippen LogP contribution is 2.22. The summed E-state index contributed by atoms with van der Waals surface area (Å²) in [4.78, 5) is 10.6. The fraction of sp³-hybridized carbons (Fsp3) is 0.462. The summed E-state index contributed by atoms with van der Waals surface area (Å²) in [6.07, 6.45) is -5.34. The third-order valence-electron chi connectivity index (χ3n) is 3.28. The molecular formula is C13H16NO6-. The Morgan fingerprint density at radius 2 is 1.75 bits per heavy atom. The van der Waals surface area contributed by atoms with Gasteiger partial charge in [0.15, 0.2) is 6.23 Å². The second-order valence-electron chi connectivity index (χ2n) is 4.74. The highest BCUT2D eigenvalue weighted by molar-refractivity contribution is 5.86. The van der Waals surface area contributed by atoms with Gasteiger partial charge in [0.2, 0.25) is 0 Å². The number of hydrogen-bond donors (Lipinski definition) is 4. The Balaban J connectivity index is 2.07. The summed E-state index contributed by atoms with van der Waals surface area (Å²) in [5, 5.41) is 42.5. The molecule has 0 saturated carbocycles. The minimum absolute atomic E-state index is 0.0319. The van der Waals surface area contributed by atoms with Crippen LogP contribution in [0.5, 0.6) is 0 Å². The van der Waals surface area contributed by atoms with Crippen LogP contribution < -0.4 is 10.4 Å². The summed E-state index contributed by atoms with van der Waals surface area (Å²) in [7, 11) is 0. The number of carboxylic acids is 1. The molecule has 1 aromatic rings. The number of aromatic carboxylic acids is 1. The van der Waals surface area contributed by atoms with Crippen molar-refractivity contribution in [1.29, 1.82) is 0 Å². The molecule has 5 atom stereocenters. The van der Waals surface area contributed by atoms with E-state index in [-0.39, 0.29) is 5.56 Å². The first-order chi connectivity index (χ1) is 9.40. The molecule has 1 fully saturated rings. The lowest BCUT2D eigenvalue weighted by atomic mass is 9.99. The summed E-state index contributed by atoms with van der Waals surface area (Å²) in [6, 6.07) is 5.68. The highest BCUT2D eigenvalue weighted by Gasteiger charge is 2.41. The van der Waals surface area contributed by atoms with Gasteiger partial charge in [-0.2, -0.15) is 0 Å². The van der Waals surface area contributed by atoms with Crippen molar-refractivity contribution < 1.29 is 30.0 Å². The third-order valence-corrected chi connectivity index (χ3v) is 3.28. The van der Waals surface area contributed by atoms with Gasteiger partial charge < -0.3 is 35.3 Å². The van der Waals surface area contributed by atoms with E-state index >= 15 is 0 Å². The summed E-state index contributed by atoms with van der Waals surface area (Å²) >= 11 is 0. The summed E-state index contributed by atoms with van der Waals surface area (Å²) < 4.78 is 5.36. The second-order valence-corrected chi connectivity index (χ2v) is 4.74. The van der Waals surface area contributed by atoms with E-state index in [0.29, 0.717) is 5.69 Å². The van der Waals surface area contributed by atoms with Gasteiger partial charge in [-0.15, -0.1) is 0 Å². The van der Waals surface area contributed by atoms with Gasteiger partial charge in [0.25, 0.3) is 0 Å². The Morgan fingerprint density at radius 1 is 1.15 bits per heavy atom. The minimum atomic E-state index is -1.32. The molecule has 1 aliphatic rings. The van der Waals surface area contributed by atoms with Crippen LogP contribution in [-0.4, -0.2) is 51.9 Å². The Bertz CT molecular complexity index is 476. The molecule has 0 aromatic heterocycles. The number of hydrogen-bond acceptors (Lipinski definition) is 7. The van der Waals surface area contributed by atoms with E-state index in [0.717, 1.165) is 0 Å². The molecule has 0 radical (unpaired) electrons. The van der Waals surface area contributed by atoms with Crippen molar-refractivity contribution >= 4 is 11.7 Å². The number of anilines is 1. The van der Waals surface area contributed by atoms with E-state index in [1.54, 1.807) is 6.92 Å². The van der Waals surface area contributed by atoms with Gasteiger partial charge in [-0.25, -0.2) is 0 Å². The van der Waals surface area contributed by atoms with Crippen molar-refractivity contribution in [2.24, 2.45) is 0 Å². The van der Waals surface area contributed by atoms with E-state index < -0.39 is 36.6 Å². The Kier molecular flexibility index (Phi) is 4.24. The van der Waals surface area contributed by atoms with E-state index in [1.807, 2.05) is 0 Å². The fourth-order valence-corrected chi connectivity index (χ4v) is 2.04. The molecule has 0 aliphatic carbocycles. The van der Waals surface area contributed by atoms with Crippen LogP contribution in [-0.2, 0) is 4.74 Å². The maximum atomic E-state index is 10.6. The Labute approximate surface area is 115 Å². The zero-order chi connectivity index (χ0) is 14.9. The van der Waals surface area contributed by atoms with Crippen molar-refractivity contribution in [3.05, 3.63) is 29.8 Å². The van der Waals surface area contributed by atoms with Crippen LogP contribution in [0.4, 0.5) is 5.69 Å². The van der Waals surface area contributed by atoms with Crippen LogP contribution in [0.1, 0.15) is 17.3 Å². The van der Waals surface area contributed by atoms with Gasteiger partial charge in [0.1, 0.15) is 18.3 Å². The first-order valence-corrected chi connectivity index (χ1v) is 6.17. The molecule has 7 heteroatoms. The maximum absolute atomic E-state index is 10.6. The van der Waals surface area contributed by atoms with E-state index in [1.165, 1.54) is 24.3 Å². The van der Waals surface area contributed by atoms with Gasteiger partial charge in [0, 0.05) is 5.69 Å². The molecule has 7 nitrogen and oxygen atoms in total. The molecule has 1 aromatic carbocycles. The molecule has 0 bridgehead atoms. The standard InChI is InChI=1S/C13H17NO6/c1-6-9(15)10(16)11(17)12(20-6)14-8-4-2-7(3-5-8)13(18)19/h2-6,9-12,14-17H,1H3,(H,18,19)/p-1/t6-,9-,10+,11+,12-/m1/s1. The molecular weight excluding hydrogens is 266 g/mol. The zero-order valence-electron chi connectivity index (χ0n) is 10.8. The van der Waals surface area contributed by atoms with Crippen molar-refractivity contribution in [3.63, 3.8) is 0 Å². The lowest BCUT2D eigenvalue weighted by Gasteiger charge is -2.39. The highest BCUT2D eigenvalue weighted by atomic mass is 16.5. The number of nitrogens with one attached hydrogen (secondary N) is 1. The van der Waals surface area contributed by atoms with E-state index in [2.05, 4.69) is 5.32 Å². The smallest absolute Gasteiger partial charge is 0.157 e. The molecule has 4 N–H and O–H groups in total. The zero-order valence-corrected chi connectivity index (χ0v) is 10.8. The maximum Gasteiger partial charge on any atom is 0.157 e. The van der Waals surface area contributed by atoms with Crippen LogP contribution in [0.3, 0.4) is 0 Å². The Hall–Kier alpha value is -1.67. The molecule has 1 aliphatic heterocycles. The van der Waals surface area contributed by atoms with Gasteiger partial charge in [-0.3, -0.25) is 0 Å². The van der Waals surface area contributed by atoms with Crippen LogP contribution in [0.15, 0.2) is 24.3 Å². The summed E-state index contributed by atoms with van der Waals surface area (Å²) in [5.41, 5.74) is 0.541. The van der Waals surface area contributed by atoms with Crippen molar-refractivity contribution in [2.45, 2.75) is 37.6 Å². The first kappa shape index (κ1) is 14.7. The van der Waals surface area contributed by atoms with Crippen LogP contribution in [0, 0.1) is 0 Å². The lowest BCUT2D eigenvalue weighted by molar-refractivity contribution is -0.255. The molecule has 0 unspecified atom stereocenters. The summed E-state index contributed by atoms with van der Waals surface area (Å²) in [6.45, 7) is 1.58. The SMILES string of the molecule is C[C@H]1O[C@@H](Nc2ccc(C(=O)[O-])cc2)[C@@H](O)[C@@H](O)[C@@H]1O. The van der Waals surface area contributed by atoms with Gasteiger partial charge in [-0.1, -0.05) is 12.1 Å². The number of carboxylic acid groups (broad SMARTS) is 1. The average Bonchev–Trinajstić information content (AvgIpc) is 2.43. The third kappa shape index (κ3) is 2.91. The first-order valence-electron chi connectivity index (χ1n) is 6.17. The molecule has 0 spiro atoms. The molecule has 20 heavy (non-hydrogen) atoms. The normalized spacial score (nSPS) is 33.7. The quantitative estimate of drug-likeness (QED) is 0.520. The number of aliphatic hydroxyl groups excluding tert-OH is 3. The van der Waals surface area contributed by atoms with Crippen molar-refractivity contribution in [2.75, 3.05) is 5.32 Å². The fourth-order valence-electron chi connectivity index (χ4n) is 2.04. The molecule has 110 valence electrons. The van der Waals surface area contributed by atoms with Crippen LogP contribution >= 0.6 is 0 Å². The predicted octanol–water partition coefficient (Wildman–Crippen LogP) is -1.71. The number of benzene rings is 1. The Morgan fingerprint density at radius 3 is 2.30 bits per heavy atom. The number of rotatable bonds is 3. The van der Waals surface area contributed by atoms with Gasteiger partial charge in [-0.05, 0) is 24.6 Å². The van der Waals surface area contributed by atoms with Crippen molar-refractivity contribution in [1.82, 2.24) is 0 Å². The van der Waals surface area contributed by atoms with E-state index in [4.69, 9.17) is 4.74 Å². The molecule has 1 saturated heterocycles. The van der Waals surface area contributed by atoms with Crippen LogP contribution in [0.25, 0.3) is 0 Å². The van der Waals surface area contributed by atoms with Gasteiger partial charge >= 0.3 is 0 Å². The second kappa shape index (κ2) is 5.76. The topological polar surface area (TPSA) is 122 Å². The van der Waals surface area contributed by atoms with Crippen molar-refractivity contribution in [3.8, 4) is 0 Å². The van der Waals surface area contributed by atoms with Gasteiger partial charge in [0.05, 0.1) is 12.1 Å². The minimum Gasteiger partial charge on any atom is -0.545 e. The molecule has 2 rings (SSSR count). The summed E-state index contributed by atoms with van der Waals surface area (Å²) in [5.74, 6) is -1.28. The van der Waals surface area contributed by atoms with E-state index in [9.17, 15) is 25.2 Å². The molecule has 1 heterocycles. The molecule has 0 amide bonds. The number of carbonyl (C=O) groups excluding carboxylic acids is 1. The number of carbonyl (C=O) groups is 1. The number of ether oxygens (including phenoxy) is 1. The number of aliphatic hydroxyl groups is 3. The van der Waals surface area contributed by atoms with Crippen LogP contribution in [0.2, 0.25) is 0 Å².